The smallest absolute Gasteiger partial charge is 0.344 e. The van der Waals surface area contributed by atoms with E-state index in [1.807, 2.05) is 0 Å². The van der Waals surface area contributed by atoms with Gasteiger partial charge in [-0.15, -0.1) is 33.2 Å². The van der Waals surface area contributed by atoms with E-state index in [1.54, 1.807) is 0 Å². The molecule has 6 heteroatoms. The van der Waals surface area contributed by atoms with Crippen molar-refractivity contribution in [2.45, 2.75) is 6.04 Å². The van der Waals surface area contributed by atoms with E-state index in [0.29, 0.717) is 12.5 Å². The van der Waals surface area contributed by atoms with Gasteiger partial charge in [0, 0.05) is 6.04 Å². The van der Waals surface area contributed by atoms with E-state index in [9.17, 15) is 4.79 Å². The standard InChI is InChI=1S/C3H5Cl3O2Si/c4-9(5,6)2-1-8-3-7/h3H,1-2H2. The summed E-state index contributed by atoms with van der Waals surface area (Å²) in [4.78, 5) is 9.55. The van der Waals surface area contributed by atoms with Crippen molar-refractivity contribution in [1.29, 1.82) is 0 Å². The lowest BCUT2D eigenvalue weighted by Gasteiger charge is -2.04. The second-order valence-corrected chi connectivity index (χ2v) is 10.6. The van der Waals surface area contributed by atoms with Crippen molar-refractivity contribution in [3.63, 3.8) is 0 Å². The molecule has 0 spiro atoms. The van der Waals surface area contributed by atoms with Gasteiger partial charge >= 0.3 is 6.00 Å². The van der Waals surface area contributed by atoms with Crippen LogP contribution in [-0.4, -0.2) is 19.1 Å². The molecule has 0 N–H and O–H groups in total. The Morgan fingerprint density at radius 2 is 2.00 bits per heavy atom. The zero-order chi connectivity index (χ0) is 7.33. The highest BCUT2D eigenvalue weighted by Crippen LogP contribution is 2.24. The molecule has 0 saturated carbocycles. The van der Waals surface area contributed by atoms with Crippen molar-refractivity contribution in [2.24, 2.45) is 0 Å². The lowest BCUT2D eigenvalue weighted by molar-refractivity contribution is -0.128. The SMILES string of the molecule is O=COCC[Si](Cl)(Cl)Cl. The maximum Gasteiger partial charge on any atom is 0.344 e. The first-order chi connectivity index (χ1) is 4.06. The molecule has 2 nitrogen and oxygen atoms in total. The second kappa shape index (κ2) is 4.38. The molecule has 0 atom stereocenters. The molecule has 0 bridgehead atoms. The van der Waals surface area contributed by atoms with Crippen LogP contribution in [0.15, 0.2) is 0 Å². The molecular weight excluding hydrogens is 202 g/mol. The summed E-state index contributed by atoms with van der Waals surface area (Å²) in [7, 11) is 0. The molecule has 0 unspecified atom stereocenters. The lowest BCUT2D eigenvalue weighted by Crippen LogP contribution is -2.11. The van der Waals surface area contributed by atoms with Gasteiger partial charge in [0.2, 0.25) is 0 Å². The van der Waals surface area contributed by atoms with Gasteiger partial charge in [-0.2, -0.15) is 0 Å². The fraction of sp³-hybridized carbons (Fsp3) is 0.667. The van der Waals surface area contributed by atoms with Crippen LogP contribution in [0.2, 0.25) is 6.04 Å². The summed E-state index contributed by atoms with van der Waals surface area (Å²) < 4.78 is 4.31. The first-order valence-electron chi connectivity index (χ1n) is 2.18. The fourth-order valence-electron chi connectivity index (χ4n) is 0.223. The van der Waals surface area contributed by atoms with Gasteiger partial charge in [0.25, 0.3) is 6.47 Å². The molecule has 0 aliphatic carbocycles. The van der Waals surface area contributed by atoms with E-state index in [4.69, 9.17) is 33.2 Å². The van der Waals surface area contributed by atoms with Crippen LogP contribution in [0.4, 0.5) is 0 Å². The van der Waals surface area contributed by atoms with Gasteiger partial charge in [-0.25, -0.2) is 0 Å². The highest BCUT2D eigenvalue weighted by molar-refractivity contribution is 7.64. The van der Waals surface area contributed by atoms with Crippen molar-refractivity contribution in [3.05, 3.63) is 0 Å². The van der Waals surface area contributed by atoms with Gasteiger partial charge in [-0.1, -0.05) is 0 Å². The summed E-state index contributed by atoms with van der Waals surface area (Å²) in [5.74, 6) is 0. The highest BCUT2D eigenvalue weighted by atomic mass is 35.8. The molecule has 0 aliphatic rings. The molecule has 0 aromatic heterocycles. The Balaban J connectivity index is 3.17. The maximum absolute atomic E-state index is 9.55. The van der Waals surface area contributed by atoms with Gasteiger partial charge in [0.1, 0.15) is 0 Å². The quantitative estimate of drug-likeness (QED) is 0.304. The van der Waals surface area contributed by atoms with Crippen molar-refractivity contribution in [1.82, 2.24) is 0 Å². The third-order valence-electron chi connectivity index (χ3n) is 0.571. The molecule has 0 radical (unpaired) electrons. The Morgan fingerprint density at radius 1 is 1.44 bits per heavy atom. The first-order valence-corrected chi connectivity index (χ1v) is 7.42. The van der Waals surface area contributed by atoms with Crippen LogP contribution in [0.25, 0.3) is 0 Å². The average molecular weight is 208 g/mol. The van der Waals surface area contributed by atoms with E-state index >= 15 is 0 Å². The van der Waals surface area contributed by atoms with Crippen molar-refractivity contribution >= 4 is 45.7 Å². The molecule has 54 valence electrons. The number of carbonyl (C=O) groups excluding carboxylic acids is 1. The minimum absolute atomic E-state index is 0.201. The molecule has 0 fully saturated rings. The third-order valence-corrected chi connectivity index (χ3v) is 3.04. The number of hydrogen-bond donors (Lipinski definition) is 0. The van der Waals surface area contributed by atoms with Crippen molar-refractivity contribution < 1.29 is 9.53 Å². The van der Waals surface area contributed by atoms with Gasteiger partial charge in [-0.05, 0) is 0 Å². The van der Waals surface area contributed by atoms with E-state index in [0.717, 1.165) is 0 Å². The predicted molar refractivity (Wildman–Crippen MR) is 40.1 cm³/mol. The van der Waals surface area contributed by atoms with Crippen LogP contribution in [0.5, 0.6) is 0 Å². The van der Waals surface area contributed by atoms with Crippen LogP contribution >= 0.6 is 33.2 Å². The summed E-state index contributed by atoms with van der Waals surface area (Å²) in [6.07, 6.45) is 0. The molecule has 9 heavy (non-hydrogen) atoms. The Hall–Kier alpha value is 0.557. The number of hydrogen-bond acceptors (Lipinski definition) is 2. The highest BCUT2D eigenvalue weighted by Gasteiger charge is 2.24. The van der Waals surface area contributed by atoms with Crippen molar-refractivity contribution in [2.75, 3.05) is 6.61 Å². The largest absolute Gasteiger partial charge is 0.468 e. The number of rotatable bonds is 4. The van der Waals surface area contributed by atoms with Gasteiger partial charge in [0.05, 0.1) is 6.61 Å². The summed E-state index contributed by atoms with van der Waals surface area (Å²) in [5, 5.41) is 0. The number of ether oxygens (including phenoxy) is 1. The molecule has 0 aliphatic heterocycles. The maximum atomic E-state index is 9.55. The molecule has 0 rings (SSSR count). The Labute approximate surface area is 68.2 Å². The normalized spacial score (nSPS) is 11.0. The van der Waals surface area contributed by atoms with Gasteiger partial charge < -0.3 is 4.74 Å². The third kappa shape index (κ3) is 8.56. The molecule has 0 amide bonds. The Kier molecular flexibility index (Phi) is 4.66. The van der Waals surface area contributed by atoms with Gasteiger partial charge in [-0.3, -0.25) is 4.79 Å². The van der Waals surface area contributed by atoms with Gasteiger partial charge in [0.15, 0.2) is 0 Å². The first kappa shape index (κ1) is 9.56. The summed E-state index contributed by atoms with van der Waals surface area (Å²) in [5.41, 5.74) is 0. The minimum atomic E-state index is -2.56. The molecular formula is C3H5Cl3O2Si. The predicted octanol–water partition coefficient (Wildman–Crippen LogP) is 1.81. The lowest BCUT2D eigenvalue weighted by atomic mass is 10.9. The van der Waals surface area contributed by atoms with Crippen LogP contribution in [0.3, 0.4) is 0 Å². The minimum Gasteiger partial charge on any atom is -0.468 e. The average Bonchev–Trinajstić information content (AvgIpc) is 1.63. The van der Waals surface area contributed by atoms with E-state index in [1.165, 1.54) is 0 Å². The van der Waals surface area contributed by atoms with E-state index < -0.39 is 6.00 Å². The zero-order valence-corrected chi connectivity index (χ0v) is 7.71. The fourth-order valence-corrected chi connectivity index (χ4v) is 1.27. The summed E-state index contributed by atoms with van der Waals surface area (Å²) in [6, 6.07) is -2.20. The molecule has 0 heterocycles. The monoisotopic (exact) mass is 206 g/mol. The molecule has 0 aromatic rings. The van der Waals surface area contributed by atoms with E-state index in [-0.39, 0.29) is 6.61 Å². The molecule has 0 aromatic carbocycles. The Morgan fingerprint density at radius 3 is 2.33 bits per heavy atom. The van der Waals surface area contributed by atoms with Crippen molar-refractivity contribution in [3.8, 4) is 0 Å². The Bertz CT molecular complexity index is 91.5. The number of halogens is 3. The topological polar surface area (TPSA) is 26.3 Å². The number of carbonyl (C=O) groups is 1. The van der Waals surface area contributed by atoms with E-state index in [2.05, 4.69) is 4.74 Å². The van der Waals surface area contributed by atoms with Crippen LogP contribution in [0.1, 0.15) is 0 Å². The zero-order valence-electron chi connectivity index (χ0n) is 4.44. The molecule has 0 saturated heterocycles. The summed E-state index contributed by atoms with van der Waals surface area (Å²) in [6.45, 7) is 0.539. The summed E-state index contributed by atoms with van der Waals surface area (Å²) >= 11 is 16.3. The van der Waals surface area contributed by atoms with Crippen LogP contribution < -0.4 is 0 Å². The van der Waals surface area contributed by atoms with Crippen LogP contribution in [-0.2, 0) is 9.53 Å². The van der Waals surface area contributed by atoms with Crippen LogP contribution in [0, 0.1) is 0 Å². The second-order valence-electron chi connectivity index (χ2n) is 1.33.